The number of hydrogen-bond acceptors (Lipinski definition) is 4. The third-order valence-electron chi connectivity index (χ3n) is 7.10. The van der Waals surface area contributed by atoms with Crippen LogP contribution >= 0.6 is 23.2 Å². The average molecular weight is 426 g/mol. The van der Waals surface area contributed by atoms with Crippen molar-refractivity contribution in [3.05, 3.63) is 28.2 Å². The van der Waals surface area contributed by atoms with Gasteiger partial charge in [0.25, 0.3) is 0 Å². The van der Waals surface area contributed by atoms with Gasteiger partial charge in [0.1, 0.15) is 0 Å². The van der Waals surface area contributed by atoms with Crippen LogP contribution < -0.4 is 4.90 Å². The van der Waals surface area contributed by atoms with E-state index in [1.807, 2.05) is 12.1 Å². The summed E-state index contributed by atoms with van der Waals surface area (Å²) in [6.07, 6.45) is 6.06. The normalized spacial score (nSPS) is 28.1. The van der Waals surface area contributed by atoms with E-state index in [-0.39, 0.29) is 6.10 Å². The summed E-state index contributed by atoms with van der Waals surface area (Å²) in [5, 5.41) is 11.6. The number of nitrogens with zero attached hydrogens (tertiary/aromatic N) is 3. The molecule has 6 heteroatoms. The molecule has 2 saturated heterocycles. The molecule has 1 saturated carbocycles. The lowest BCUT2D eigenvalue weighted by molar-refractivity contribution is 0.00787. The Bertz CT molecular complexity index is 682. The lowest BCUT2D eigenvalue weighted by atomic mass is 9.90. The molecule has 1 N–H and O–H groups in total. The predicted molar refractivity (Wildman–Crippen MR) is 118 cm³/mol. The summed E-state index contributed by atoms with van der Waals surface area (Å²) >= 11 is 12.3. The molecule has 2 aliphatic heterocycles. The number of likely N-dealkylation sites (tertiary alicyclic amines) is 1. The molecule has 0 amide bonds. The van der Waals surface area contributed by atoms with Crippen LogP contribution in [-0.4, -0.2) is 72.9 Å². The molecule has 3 aliphatic rings. The first-order valence-corrected chi connectivity index (χ1v) is 11.6. The molecule has 0 aromatic heterocycles. The molecule has 1 aromatic carbocycles. The van der Waals surface area contributed by atoms with Gasteiger partial charge in [-0.15, -0.1) is 0 Å². The van der Waals surface area contributed by atoms with Gasteiger partial charge in [-0.05, 0) is 82.3 Å². The SMILES string of the molecule is CC1CN(CCCCN2CCC3(CC3)C(O)C2)CCN1c1ccc(Cl)c(Cl)c1. The minimum absolute atomic E-state index is 0.0865. The molecule has 2 heterocycles. The number of aliphatic hydroxyl groups is 1. The molecule has 1 aromatic rings. The number of piperazine rings is 1. The van der Waals surface area contributed by atoms with Crippen LogP contribution in [0.4, 0.5) is 5.69 Å². The molecule has 4 nitrogen and oxygen atoms in total. The summed E-state index contributed by atoms with van der Waals surface area (Å²) in [5.74, 6) is 0. The smallest absolute Gasteiger partial charge is 0.0723 e. The van der Waals surface area contributed by atoms with Gasteiger partial charge >= 0.3 is 0 Å². The Hall–Kier alpha value is -0.520. The second-order valence-corrected chi connectivity index (χ2v) is 9.89. The van der Waals surface area contributed by atoms with Crippen molar-refractivity contribution in [2.75, 3.05) is 50.7 Å². The molecule has 2 unspecified atom stereocenters. The summed E-state index contributed by atoms with van der Waals surface area (Å²) in [6, 6.07) is 6.41. The zero-order valence-corrected chi connectivity index (χ0v) is 18.4. The topological polar surface area (TPSA) is 30.0 Å². The van der Waals surface area contributed by atoms with E-state index in [2.05, 4.69) is 27.7 Å². The molecule has 28 heavy (non-hydrogen) atoms. The minimum Gasteiger partial charge on any atom is -0.391 e. The molecule has 0 radical (unpaired) electrons. The highest BCUT2D eigenvalue weighted by Crippen LogP contribution is 2.53. The predicted octanol–water partition coefficient (Wildman–Crippen LogP) is 4.13. The first-order chi connectivity index (χ1) is 13.5. The molecule has 1 spiro atoms. The monoisotopic (exact) mass is 425 g/mol. The van der Waals surface area contributed by atoms with Crippen LogP contribution in [0.2, 0.25) is 10.0 Å². The van der Waals surface area contributed by atoms with E-state index in [4.69, 9.17) is 23.2 Å². The second kappa shape index (κ2) is 8.69. The van der Waals surface area contributed by atoms with Crippen LogP contribution in [0.15, 0.2) is 18.2 Å². The van der Waals surface area contributed by atoms with Crippen molar-refractivity contribution in [2.24, 2.45) is 5.41 Å². The number of benzene rings is 1. The first kappa shape index (κ1) is 20.7. The third kappa shape index (κ3) is 4.62. The van der Waals surface area contributed by atoms with Crippen LogP contribution in [0.3, 0.4) is 0 Å². The average Bonchev–Trinajstić information content (AvgIpc) is 3.45. The molecular formula is C22H33Cl2N3O. The van der Waals surface area contributed by atoms with Gasteiger partial charge in [0.2, 0.25) is 0 Å². The number of hydrogen-bond donors (Lipinski definition) is 1. The fraction of sp³-hybridized carbons (Fsp3) is 0.727. The number of rotatable bonds is 6. The van der Waals surface area contributed by atoms with E-state index in [0.717, 1.165) is 32.7 Å². The summed E-state index contributed by atoms with van der Waals surface area (Å²) in [4.78, 5) is 7.49. The van der Waals surface area contributed by atoms with Gasteiger partial charge in [0, 0.05) is 37.9 Å². The molecule has 3 fully saturated rings. The van der Waals surface area contributed by atoms with Gasteiger partial charge in [-0.3, -0.25) is 4.90 Å². The number of β-amino-alcohol motifs (C(OH)–C–C–N with tert-alkyl or cyclic N) is 1. The maximum absolute atomic E-state index is 10.3. The Labute approximate surface area is 179 Å². The fourth-order valence-corrected chi connectivity index (χ4v) is 5.27. The third-order valence-corrected chi connectivity index (χ3v) is 7.84. The maximum Gasteiger partial charge on any atom is 0.0723 e. The van der Waals surface area contributed by atoms with Gasteiger partial charge in [-0.1, -0.05) is 23.2 Å². The Balaban J connectivity index is 1.16. The highest BCUT2D eigenvalue weighted by Gasteiger charge is 2.50. The van der Waals surface area contributed by atoms with E-state index in [1.165, 1.54) is 50.9 Å². The van der Waals surface area contributed by atoms with E-state index < -0.39 is 0 Å². The van der Waals surface area contributed by atoms with E-state index >= 15 is 0 Å². The first-order valence-electron chi connectivity index (χ1n) is 10.8. The number of piperidine rings is 1. The number of anilines is 1. The summed E-state index contributed by atoms with van der Waals surface area (Å²) in [5.41, 5.74) is 1.49. The van der Waals surface area contributed by atoms with Crippen LogP contribution in [0, 0.1) is 5.41 Å². The molecule has 0 bridgehead atoms. The van der Waals surface area contributed by atoms with Crippen molar-refractivity contribution >= 4 is 28.9 Å². The summed E-state index contributed by atoms with van der Waals surface area (Å²) < 4.78 is 0. The molecule has 4 rings (SSSR count). The fourth-order valence-electron chi connectivity index (χ4n) is 4.98. The van der Waals surface area contributed by atoms with E-state index in [0.29, 0.717) is 21.5 Å². The summed E-state index contributed by atoms with van der Waals surface area (Å²) in [6.45, 7) is 9.86. The number of unbranched alkanes of at least 4 members (excludes halogenated alkanes) is 1. The van der Waals surface area contributed by atoms with E-state index in [9.17, 15) is 5.11 Å². The maximum atomic E-state index is 10.3. The van der Waals surface area contributed by atoms with Crippen molar-refractivity contribution < 1.29 is 5.11 Å². The van der Waals surface area contributed by atoms with Crippen LogP contribution in [0.1, 0.15) is 39.0 Å². The van der Waals surface area contributed by atoms with Crippen molar-refractivity contribution in [1.29, 1.82) is 0 Å². The van der Waals surface area contributed by atoms with Crippen LogP contribution in [0.25, 0.3) is 0 Å². The number of halogens is 2. The van der Waals surface area contributed by atoms with Crippen molar-refractivity contribution in [3.8, 4) is 0 Å². The standard InChI is InChI=1S/C22H33Cl2N3O/c1-17-15-26(12-13-27(17)18-4-5-19(23)20(24)14-18)10-3-2-9-25-11-8-22(6-7-22)21(28)16-25/h4-5,14,17,21,28H,2-3,6-13,15-16H2,1H3. The number of aliphatic hydroxyl groups excluding tert-OH is 1. The Morgan fingerprint density at radius 3 is 2.29 bits per heavy atom. The molecule has 156 valence electrons. The zero-order valence-electron chi connectivity index (χ0n) is 16.9. The van der Waals surface area contributed by atoms with Gasteiger partial charge in [0.15, 0.2) is 0 Å². The van der Waals surface area contributed by atoms with Gasteiger partial charge in [-0.25, -0.2) is 0 Å². The Kier molecular flexibility index (Phi) is 6.44. The largest absolute Gasteiger partial charge is 0.391 e. The quantitative estimate of drug-likeness (QED) is 0.693. The molecular weight excluding hydrogens is 393 g/mol. The minimum atomic E-state index is -0.0865. The second-order valence-electron chi connectivity index (χ2n) is 9.08. The van der Waals surface area contributed by atoms with Gasteiger partial charge in [0.05, 0.1) is 16.1 Å². The highest BCUT2D eigenvalue weighted by molar-refractivity contribution is 6.42. The van der Waals surface area contributed by atoms with Crippen molar-refractivity contribution in [3.63, 3.8) is 0 Å². The summed E-state index contributed by atoms with van der Waals surface area (Å²) in [7, 11) is 0. The van der Waals surface area contributed by atoms with Crippen LogP contribution in [-0.2, 0) is 0 Å². The molecule has 1 aliphatic carbocycles. The van der Waals surface area contributed by atoms with Crippen molar-refractivity contribution in [2.45, 2.75) is 51.2 Å². The Morgan fingerprint density at radius 1 is 0.964 bits per heavy atom. The molecule has 2 atom stereocenters. The zero-order chi connectivity index (χ0) is 19.7. The van der Waals surface area contributed by atoms with Gasteiger partial charge in [-0.2, -0.15) is 0 Å². The Morgan fingerprint density at radius 2 is 1.68 bits per heavy atom. The lowest BCUT2D eigenvalue weighted by Gasteiger charge is -2.41. The van der Waals surface area contributed by atoms with Gasteiger partial charge < -0.3 is 14.9 Å². The van der Waals surface area contributed by atoms with Crippen molar-refractivity contribution in [1.82, 2.24) is 9.80 Å². The highest BCUT2D eigenvalue weighted by atomic mass is 35.5. The van der Waals surface area contributed by atoms with E-state index in [1.54, 1.807) is 0 Å². The lowest BCUT2D eigenvalue weighted by Crippen LogP contribution is -2.52. The van der Waals surface area contributed by atoms with Crippen LogP contribution in [0.5, 0.6) is 0 Å².